The van der Waals surface area contributed by atoms with Gasteiger partial charge < -0.3 is 9.30 Å². The molecule has 0 N–H and O–H groups in total. The summed E-state index contributed by atoms with van der Waals surface area (Å²) in [6.45, 7) is 6.15. The number of Topliss-reactive ketones (excluding diaryl/α,β-unsaturated/α-hetero) is 1. The third-order valence-corrected chi connectivity index (χ3v) is 3.32. The lowest BCUT2D eigenvalue weighted by Gasteiger charge is -2.10. The Kier molecular flexibility index (Phi) is 3.69. The van der Waals surface area contributed by atoms with Crippen molar-refractivity contribution in [2.45, 2.75) is 27.3 Å². The van der Waals surface area contributed by atoms with Gasteiger partial charge in [-0.25, -0.2) is 4.98 Å². The standard InChI is InChI=1S/C15H18N2O2/c1-10-5-6-13(15(7-10)19-4)14(18)8-17-9-16-11(2)12(17)3/h5-7,9H,8H2,1-4H3. The van der Waals surface area contributed by atoms with Crippen LogP contribution >= 0.6 is 0 Å². The Morgan fingerprint density at radius 2 is 2.05 bits per heavy atom. The van der Waals surface area contributed by atoms with E-state index in [0.29, 0.717) is 11.3 Å². The van der Waals surface area contributed by atoms with Crippen LogP contribution in [0.5, 0.6) is 5.75 Å². The second kappa shape index (κ2) is 5.26. The van der Waals surface area contributed by atoms with Crippen LogP contribution < -0.4 is 4.74 Å². The van der Waals surface area contributed by atoms with Crippen molar-refractivity contribution in [3.8, 4) is 5.75 Å². The van der Waals surface area contributed by atoms with Crippen molar-refractivity contribution < 1.29 is 9.53 Å². The molecule has 0 radical (unpaired) electrons. The first kappa shape index (κ1) is 13.3. The van der Waals surface area contributed by atoms with E-state index >= 15 is 0 Å². The molecule has 0 atom stereocenters. The number of imidazole rings is 1. The number of aryl methyl sites for hydroxylation is 2. The Labute approximate surface area is 113 Å². The highest BCUT2D eigenvalue weighted by atomic mass is 16.5. The van der Waals surface area contributed by atoms with Crippen molar-refractivity contribution in [3.05, 3.63) is 47.0 Å². The molecule has 0 aliphatic heterocycles. The summed E-state index contributed by atoms with van der Waals surface area (Å²) < 4.78 is 7.13. The van der Waals surface area contributed by atoms with E-state index in [0.717, 1.165) is 17.0 Å². The quantitative estimate of drug-likeness (QED) is 0.792. The zero-order valence-corrected chi connectivity index (χ0v) is 11.7. The molecule has 0 amide bonds. The van der Waals surface area contributed by atoms with Gasteiger partial charge in [0.25, 0.3) is 0 Å². The fourth-order valence-electron chi connectivity index (χ4n) is 1.97. The molecule has 4 nitrogen and oxygen atoms in total. The highest BCUT2D eigenvalue weighted by Gasteiger charge is 2.14. The Morgan fingerprint density at radius 1 is 1.32 bits per heavy atom. The topological polar surface area (TPSA) is 44.1 Å². The van der Waals surface area contributed by atoms with E-state index < -0.39 is 0 Å². The zero-order chi connectivity index (χ0) is 14.0. The number of hydrogen-bond donors (Lipinski definition) is 0. The molecule has 0 aliphatic rings. The van der Waals surface area contributed by atoms with Gasteiger partial charge in [-0.15, -0.1) is 0 Å². The maximum atomic E-state index is 12.3. The van der Waals surface area contributed by atoms with Crippen LogP contribution in [0.1, 0.15) is 27.3 Å². The molecule has 0 aliphatic carbocycles. The molecule has 1 aromatic heterocycles. The van der Waals surface area contributed by atoms with E-state index in [1.54, 1.807) is 13.4 Å². The average Bonchev–Trinajstić information content (AvgIpc) is 2.70. The molecule has 0 saturated carbocycles. The second-order valence-corrected chi connectivity index (χ2v) is 4.67. The van der Waals surface area contributed by atoms with E-state index in [-0.39, 0.29) is 12.3 Å². The van der Waals surface area contributed by atoms with Crippen LogP contribution in [-0.4, -0.2) is 22.4 Å². The molecule has 100 valence electrons. The summed E-state index contributed by atoms with van der Waals surface area (Å²) in [6, 6.07) is 5.61. The van der Waals surface area contributed by atoms with Crippen molar-refractivity contribution in [3.63, 3.8) is 0 Å². The van der Waals surface area contributed by atoms with Crippen LogP contribution in [0.3, 0.4) is 0 Å². The predicted molar refractivity (Wildman–Crippen MR) is 73.8 cm³/mol. The summed E-state index contributed by atoms with van der Waals surface area (Å²) in [5.41, 5.74) is 3.64. The highest BCUT2D eigenvalue weighted by molar-refractivity contribution is 5.98. The molecule has 0 unspecified atom stereocenters. The molecule has 1 heterocycles. The maximum Gasteiger partial charge on any atom is 0.186 e. The van der Waals surface area contributed by atoms with Crippen molar-refractivity contribution >= 4 is 5.78 Å². The summed E-state index contributed by atoms with van der Waals surface area (Å²) in [7, 11) is 1.58. The molecule has 1 aromatic carbocycles. The average molecular weight is 258 g/mol. The van der Waals surface area contributed by atoms with Crippen LogP contribution in [0.25, 0.3) is 0 Å². The van der Waals surface area contributed by atoms with Gasteiger partial charge in [-0.1, -0.05) is 6.07 Å². The van der Waals surface area contributed by atoms with E-state index in [2.05, 4.69) is 4.98 Å². The number of ether oxygens (including phenoxy) is 1. The summed E-state index contributed by atoms with van der Waals surface area (Å²) in [4.78, 5) is 16.5. The minimum absolute atomic E-state index is 0.0253. The fraction of sp³-hybridized carbons (Fsp3) is 0.333. The molecule has 2 rings (SSSR count). The van der Waals surface area contributed by atoms with Crippen LogP contribution in [-0.2, 0) is 6.54 Å². The number of carbonyl (C=O) groups excluding carboxylic acids is 1. The fourth-order valence-corrected chi connectivity index (χ4v) is 1.97. The lowest BCUT2D eigenvalue weighted by atomic mass is 10.1. The normalized spacial score (nSPS) is 10.5. The largest absolute Gasteiger partial charge is 0.496 e. The number of aromatic nitrogens is 2. The van der Waals surface area contributed by atoms with Gasteiger partial charge in [-0.05, 0) is 38.5 Å². The molecule has 0 bridgehead atoms. The van der Waals surface area contributed by atoms with Crippen molar-refractivity contribution in [2.75, 3.05) is 7.11 Å². The van der Waals surface area contributed by atoms with E-state index in [9.17, 15) is 4.79 Å². The summed E-state index contributed by atoms with van der Waals surface area (Å²) in [5.74, 6) is 0.650. The third kappa shape index (κ3) is 2.67. The summed E-state index contributed by atoms with van der Waals surface area (Å²) in [6.07, 6.45) is 1.70. The van der Waals surface area contributed by atoms with Gasteiger partial charge in [0, 0.05) is 5.69 Å². The van der Waals surface area contributed by atoms with Gasteiger partial charge >= 0.3 is 0 Å². The summed E-state index contributed by atoms with van der Waals surface area (Å²) in [5, 5.41) is 0. The molecular formula is C15H18N2O2. The number of benzene rings is 1. The van der Waals surface area contributed by atoms with Crippen molar-refractivity contribution in [2.24, 2.45) is 0 Å². The first-order chi connectivity index (χ1) is 9.02. The lowest BCUT2D eigenvalue weighted by Crippen LogP contribution is -2.12. The minimum atomic E-state index is 0.0253. The number of nitrogens with zero attached hydrogens (tertiary/aromatic N) is 2. The SMILES string of the molecule is COc1cc(C)ccc1C(=O)Cn1cnc(C)c1C. The molecule has 4 heteroatoms. The maximum absolute atomic E-state index is 12.3. The van der Waals surface area contributed by atoms with Crippen LogP contribution in [0.4, 0.5) is 0 Å². The predicted octanol–water partition coefficient (Wildman–Crippen LogP) is 2.70. The van der Waals surface area contributed by atoms with E-state index in [1.165, 1.54) is 0 Å². The number of methoxy groups -OCH3 is 1. The minimum Gasteiger partial charge on any atom is -0.496 e. The Bertz CT molecular complexity index is 615. The number of ketones is 1. The molecule has 2 aromatic rings. The molecule has 19 heavy (non-hydrogen) atoms. The van der Waals surface area contributed by atoms with Crippen LogP contribution in [0, 0.1) is 20.8 Å². The highest BCUT2D eigenvalue weighted by Crippen LogP contribution is 2.21. The monoisotopic (exact) mass is 258 g/mol. The number of hydrogen-bond acceptors (Lipinski definition) is 3. The van der Waals surface area contributed by atoms with Gasteiger partial charge in [0.15, 0.2) is 5.78 Å². The third-order valence-electron chi connectivity index (χ3n) is 3.32. The van der Waals surface area contributed by atoms with Gasteiger partial charge in [-0.3, -0.25) is 4.79 Å². The second-order valence-electron chi connectivity index (χ2n) is 4.67. The number of carbonyl (C=O) groups is 1. The Morgan fingerprint density at radius 3 is 2.63 bits per heavy atom. The van der Waals surface area contributed by atoms with Gasteiger partial charge in [0.2, 0.25) is 0 Å². The van der Waals surface area contributed by atoms with E-state index in [4.69, 9.17) is 4.74 Å². The Hall–Kier alpha value is -2.10. The number of rotatable bonds is 4. The van der Waals surface area contributed by atoms with Gasteiger partial charge in [0.05, 0.1) is 31.2 Å². The smallest absolute Gasteiger partial charge is 0.186 e. The van der Waals surface area contributed by atoms with Crippen molar-refractivity contribution in [1.29, 1.82) is 0 Å². The molecular weight excluding hydrogens is 240 g/mol. The molecule has 0 saturated heterocycles. The van der Waals surface area contributed by atoms with Crippen molar-refractivity contribution in [1.82, 2.24) is 9.55 Å². The van der Waals surface area contributed by atoms with Crippen LogP contribution in [0.2, 0.25) is 0 Å². The molecule has 0 fully saturated rings. The summed E-state index contributed by atoms with van der Waals surface area (Å²) >= 11 is 0. The first-order valence-electron chi connectivity index (χ1n) is 6.19. The Balaban J connectivity index is 2.27. The zero-order valence-electron chi connectivity index (χ0n) is 11.7. The van der Waals surface area contributed by atoms with Gasteiger partial charge in [-0.2, -0.15) is 0 Å². The van der Waals surface area contributed by atoms with Crippen LogP contribution in [0.15, 0.2) is 24.5 Å². The lowest BCUT2D eigenvalue weighted by molar-refractivity contribution is 0.0968. The molecule has 0 spiro atoms. The first-order valence-corrected chi connectivity index (χ1v) is 6.19. The van der Waals surface area contributed by atoms with E-state index in [1.807, 2.05) is 43.5 Å². The van der Waals surface area contributed by atoms with Gasteiger partial charge in [0.1, 0.15) is 5.75 Å².